The van der Waals surface area contributed by atoms with Crippen LogP contribution >= 0.6 is 0 Å². The summed E-state index contributed by atoms with van der Waals surface area (Å²) < 4.78 is 2.13. The summed E-state index contributed by atoms with van der Waals surface area (Å²) in [5.74, 6) is 0.489. The highest BCUT2D eigenvalue weighted by atomic mass is 16.3. The Balaban J connectivity index is 1.93. The number of nitrogens with zero attached hydrogens (tertiary/aromatic N) is 4. The van der Waals surface area contributed by atoms with Gasteiger partial charge in [0.2, 0.25) is 0 Å². The molecule has 0 saturated carbocycles. The van der Waals surface area contributed by atoms with E-state index in [1.54, 1.807) is 0 Å². The Labute approximate surface area is 122 Å². The standard InChI is InChI=1S/C15H28N4O/c1-4-19-14(11-15(16-19)13(2)3)12-18-7-5-17(6-8-18)9-10-20/h11,13,20H,4-10,12H2,1-3H3. The molecule has 5 heteroatoms. The van der Waals surface area contributed by atoms with Gasteiger partial charge in [0.05, 0.1) is 18.0 Å². The molecule has 1 aliphatic heterocycles. The number of rotatable bonds is 6. The number of piperazine rings is 1. The predicted molar refractivity (Wildman–Crippen MR) is 80.8 cm³/mol. The third kappa shape index (κ3) is 3.81. The Bertz CT molecular complexity index is 408. The van der Waals surface area contributed by atoms with Crippen LogP contribution in [0.1, 0.15) is 38.1 Å². The molecule has 0 unspecified atom stereocenters. The van der Waals surface area contributed by atoms with Crippen molar-refractivity contribution in [2.75, 3.05) is 39.3 Å². The molecule has 1 aromatic rings. The van der Waals surface area contributed by atoms with Crippen LogP contribution in [0.4, 0.5) is 0 Å². The molecule has 2 rings (SSSR count). The number of β-amino-alcohol motifs (C(OH)–C–C–N with tert-alkyl or cyclic N) is 1. The molecule has 0 bridgehead atoms. The fraction of sp³-hybridized carbons (Fsp3) is 0.800. The van der Waals surface area contributed by atoms with Gasteiger partial charge in [-0.05, 0) is 18.9 Å². The first-order valence-corrected chi connectivity index (χ1v) is 7.76. The van der Waals surface area contributed by atoms with Crippen LogP contribution in [0.5, 0.6) is 0 Å². The number of aromatic nitrogens is 2. The zero-order valence-electron chi connectivity index (χ0n) is 13.0. The lowest BCUT2D eigenvalue weighted by Crippen LogP contribution is -2.46. The summed E-state index contributed by atoms with van der Waals surface area (Å²) in [6, 6.07) is 2.26. The minimum Gasteiger partial charge on any atom is -0.395 e. The van der Waals surface area contributed by atoms with Crippen LogP contribution in [0.3, 0.4) is 0 Å². The van der Waals surface area contributed by atoms with Crippen molar-refractivity contribution in [2.24, 2.45) is 0 Å². The van der Waals surface area contributed by atoms with Gasteiger partial charge in [0, 0.05) is 45.8 Å². The molecule has 114 valence electrons. The molecule has 0 aromatic carbocycles. The summed E-state index contributed by atoms with van der Waals surface area (Å²) in [4.78, 5) is 4.81. The van der Waals surface area contributed by atoms with Crippen molar-refractivity contribution in [3.8, 4) is 0 Å². The molecule has 2 heterocycles. The van der Waals surface area contributed by atoms with Gasteiger partial charge in [-0.1, -0.05) is 13.8 Å². The summed E-state index contributed by atoms with van der Waals surface area (Å²) in [5.41, 5.74) is 2.52. The van der Waals surface area contributed by atoms with Gasteiger partial charge in [-0.25, -0.2) is 0 Å². The van der Waals surface area contributed by atoms with Crippen LogP contribution in [0, 0.1) is 0 Å². The third-order valence-corrected chi connectivity index (χ3v) is 4.04. The quantitative estimate of drug-likeness (QED) is 0.848. The van der Waals surface area contributed by atoms with Gasteiger partial charge in [-0.3, -0.25) is 14.5 Å². The molecule has 1 aliphatic rings. The molecule has 0 atom stereocenters. The smallest absolute Gasteiger partial charge is 0.0653 e. The molecule has 1 N–H and O–H groups in total. The second-order valence-electron chi connectivity index (χ2n) is 5.87. The van der Waals surface area contributed by atoms with E-state index in [9.17, 15) is 0 Å². The predicted octanol–water partition coefficient (Wildman–Crippen LogP) is 1.14. The van der Waals surface area contributed by atoms with E-state index in [2.05, 4.69) is 46.4 Å². The summed E-state index contributed by atoms with van der Waals surface area (Å²) in [5, 5.41) is 13.7. The van der Waals surface area contributed by atoms with Crippen LogP contribution in [0.2, 0.25) is 0 Å². The molecule has 20 heavy (non-hydrogen) atoms. The molecule has 1 saturated heterocycles. The van der Waals surface area contributed by atoms with Crippen molar-refractivity contribution >= 4 is 0 Å². The van der Waals surface area contributed by atoms with E-state index in [1.165, 1.54) is 11.4 Å². The van der Waals surface area contributed by atoms with E-state index < -0.39 is 0 Å². The fourth-order valence-corrected chi connectivity index (χ4v) is 2.70. The van der Waals surface area contributed by atoms with Crippen molar-refractivity contribution in [3.63, 3.8) is 0 Å². The highest BCUT2D eigenvalue weighted by Gasteiger charge is 2.18. The lowest BCUT2D eigenvalue weighted by molar-refractivity contribution is 0.107. The molecular weight excluding hydrogens is 252 g/mol. The van der Waals surface area contributed by atoms with Crippen LogP contribution in [0.25, 0.3) is 0 Å². The highest BCUT2D eigenvalue weighted by molar-refractivity contribution is 5.13. The van der Waals surface area contributed by atoms with Crippen LogP contribution in [-0.4, -0.2) is 64.0 Å². The van der Waals surface area contributed by atoms with E-state index in [0.29, 0.717) is 5.92 Å². The summed E-state index contributed by atoms with van der Waals surface area (Å²) >= 11 is 0. The molecule has 0 spiro atoms. The average Bonchev–Trinajstić information content (AvgIpc) is 2.84. The van der Waals surface area contributed by atoms with Crippen LogP contribution < -0.4 is 0 Å². The number of hydrogen-bond acceptors (Lipinski definition) is 4. The van der Waals surface area contributed by atoms with Gasteiger partial charge in [-0.15, -0.1) is 0 Å². The van der Waals surface area contributed by atoms with Crippen molar-refractivity contribution in [1.82, 2.24) is 19.6 Å². The molecule has 5 nitrogen and oxygen atoms in total. The molecule has 1 aromatic heterocycles. The second-order valence-corrected chi connectivity index (χ2v) is 5.87. The summed E-state index contributed by atoms with van der Waals surface area (Å²) in [6.45, 7) is 13.8. The van der Waals surface area contributed by atoms with Gasteiger partial charge in [0.1, 0.15) is 0 Å². The Morgan fingerprint density at radius 2 is 1.85 bits per heavy atom. The second kappa shape index (κ2) is 7.20. The lowest BCUT2D eigenvalue weighted by Gasteiger charge is -2.34. The molecule has 1 fully saturated rings. The van der Waals surface area contributed by atoms with Gasteiger partial charge < -0.3 is 5.11 Å². The maximum absolute atomic E-state index is 8.98. The molecular formula is C15H28N4O. The Morgan fingerprint density at radius 3 is 2.40 bits per heavy atom. The lowest BCUT2D eigenvalue weighted by atomic mass is 10.1. The van der Waals surface area contributed by atoms with Crippen molar-refractivity contribution in [3.05, 3.63) is 17.5 Å². The maximum Gasteiger partial charge on any atom is 0.0653 e. The van der Waals surface area contributed by atoms with E-state index >= 15 is 0 Å². The Morgan fingerprint density at radius 1 is 1.20 bits per heavy atom. The van der Waals surface area contributed by atoms with Gasteiger partial charge >= 0.3 is 0 Å². The number of hydrogen-bond donors (Lipinski definition) is 1. The normalized spacial score (nSPS) is 18.1. The minimum atomic E-state index is 0.264. The van der Waals surface area contributed by atoms with Crippen molar-refractivity contribution in [1.29, 1.82) is 0 Å². The SMILES string of the molecule is CCn1nc(C(C)C)cc1CN1CCN(CCO)CC1. The summed E-state index contributed by atoms with van der Waals surface area (Å²) in [7, 11) is 0. The molecule has 0 amide bonds. The van der Waals surface area contributed by atoms with Crippen LogP contribution in [-0.2, 0) is 13.1 Å². The number of aryl methyl sites for hydroxylation is 1. The largest absolute Gasteiger partial charge is 0.395 e. The van der Waals surface area contributed by atoms with Crippen LogP contribution in [0.15, 0.2) is 6.07 Å². The Hall–Kier alpha value is -0.910. The van der Waals surface area contributed by atoms with E-state index in [1.807, 2.05) is 0 Å². The Kier molecular flexibility index (Phi) is 5.57. The van der Waals surface area contributed by atoms with Crippen molar-refractivity contribution < 1.29 is 5.11 Å². The minimum absolute atomic E-state index is 0.264. The first-order chi connectivity index (χ1) is 9.63. The van der Waals surface area contributed by atoms with Gasteiger partial charge in [0.15, 0.2) is 0 Å². The topological polar surface area (TPSA) is 44.5 Å². The van der Waals surface area contributed by atoms with Gasteiger partial charge in [-0.2, -0.15) is 5.10 Å². The van der Waals surface area contributed by atoms with E-state index in [-0.39, 0.29) is 6.61 Å². The highest BCUT2D eigenvalue weighted by Crippen LogP contribution is 2.16. The average molecular weight is 280 g/mol. The number of aliphatic hydroxyl groups excluding tert-OH is 1. The summed E-state index contributed by atoms with van der Waals surface area (Å²) in [6.07, 6.45) is 0. The maximum atomic E-state index is 8.98. The molecule has 0 radical (unpaired) electrons. The zero-order chi connectivity index (χ0) is 14.5. The number of aliphatic hydroxyl groups is 1. The molecule has 0 aliphatic carbocycles. The fourth-order valence-electron chi connectivity index (χ4n) is 2.70. The van der Waals surface area contributed by atoms with Gasteiger partial charge in [0.25, 0.3) is 0 Å². The zero-order valence-corrected chi connectivity index (χ0v) is 13.0. The monoisotopic (exact) mass is 280 g/mol. The third-order valence-electron chi connectivity index (χ3n) is 4.04. The van der Waals surface area contributed by atoms with E-state index in [4.69, 9.17) is 5.11 Å². The van der Waals surface area contributed by atoms with Crippen molar-refractivity contribution in [2.45, 2.75) is 39.8 Å². The first-order valence-electron chi connectivity index (χ1n) is 7.76. The first kappa shape index (κ1) is 15.5. The van der Waals surface area contributed by atoms with E-state index in [0.717, 1.165) is 45.8 Å².